The van der Waals surface area contributed by atoms with Crippen LogP contribution in [0.4, 0.5) is 0 Å². The number of rotatable bonds is 9. The van der Waals surface area contributed by atoms with Gasteiger partial charge in [-0.1, -0.05) is 72.3 Å². The molecule has 0 radical (unpaired) electrons. The van der Waals surface area contributed by atoms with E-state index in [4.69, 9.17) is 4.74 Å². The minimum Gasteiger partial charge on any atom is -0.497 e. The Morgan fingerprint density at radius 2 is 1.50 bits per heavy atom. The van der Waals surface area contributed by atoms with Crippen LogP contribution in [0.25, 0.3) is 0 Å². The zero-order chi connectivity index (χ0) is 22.9. The molecule has 3 aromatic carbocycles. The number of benzene rings is 3. The molecule has 3 rings (SSSR count). The van der Waals surface area contributed by atoms with Crippen molar-refractivity contribution in [3.05, 3.63) is 101 Å². The molecular formula is C27H30N2O3. The number of carbonyl (C=O) groups excluding carboxylic acids is 2. The summed E-state index contributed by atoms with van der Waals surface area (Å²) < 4.78 is 5.21. The number of aryl methyl sites for hydroxylation is 1. The van der Waals surface area contributed by atoms with Gasteiger partial charge in [-0.25, -0.2) is 0 Å². The highest BCUT2D eigenvalue weighted by atomic mass is 16.5. The summed E-state index contributed by atoms with van der Waals surface area (Å²) in [7, 11) is 3.22. The van der Waals surface area contributed by atoms with Crippen molar-refractivity contribution >= 4 is 11.8 Å². The van der Waals surface area contributed by atoms with E-state index in [0.29, 0.717) is 13.0 Å². The molecule has 0 bridgehead atoms. The van der Waals surface area contributed by atoms with Crippen LogP contribution in [0.5, 0.6) is 5.75 Å². The van der Waals surface area contributed by atoms with Crippen LogP contribution >= 0.6 is 0 Å². The van der Waals surface area contributed by atoms with E-state index in [9.17, 15) is 9.59 Å². The van der Waals surface area contributed by atoms with Crippen molar-refractivity contribution in [2.24, 2.45) is 0 Å². The summed E-state index contributed by atoms with van der Waals surface area (Å²) in [6.07, 6.45) is 0.652. The highest BCUT2D eigenvalue weighted by molar-refractivity contribution is 5.88. The van der Waals surface area contributed by atoms with Crippen molar-refractivity contribution < 1.29 is 14.3 Å². The van der Waals surface area contributed by atoms with Crippen LogP contribution in [0.3, 0.4) is 0 Å². The number of nitrogens with zero attached hydrogens (tertiary/aromatic N) is 1. The molecule has 0 heterocycles. The maximum atomic E-state index is 13.5. The molecular weight excluding hydrogens is 400 g/mol. The van der Waals surface area contributed by atoms with Gasteiger partial charge in [-0.15, -0.1) is 0 Å². The van der Waals surface area contributed by atoms with Crippen LogP contribution in [0, 0.1) is 6.92 Å². The fraction of sp³-hybridized carbons (Fsp3) is 0.259. The van der Waals surface area contributed by atoms with Crippen LogP contribution in [0.15, 0.2) is 78.9 Å². The van der Waals surface area contributed by atoms with Crippen LogP contribution in [-0.2, 0) is 29.0 Å². The lowest BCUT2D eigenvalue weighted by Gasteiger charge is -2.31. The number of nitrogens with one attached hydrogen (secondary N) is 1. The van der Waals surface area contributed by atoms with Crippen molar-refractivity contribution in [1.82, 2.24) is 10.2 Å². The van der Waals surface area contributed by atoms with Gasteiger partial charge in [0.15, 0.2) is 0 Å². The predicted octanol–water partition coefficient (Wildman–Crippen LogP) is 3.93. The molecule has 0 saturated carbocycles. The molecule has 166 valence electrons. The number of amides is 2. The summed E-state index contributed by atoms with van der Waals surface area (Å²) in [5, 5.41) is 2.75. The standard InChI is InChI=1S/C27H30N2O3/c1-20-9-11-23(12-10-20)19-29(26(30)18-22-13-15-24(32-3)16-14-22)25(27(31)28-2)17-21-7-5-4-6-8-21/h4-16,25H,17-19H2,1-3H3,(H,28,31). The number of hydrogen-bond acceptors (Lipinski definition) is 3. The average molecular weight is 431 g/mol. The number of likely N-dealkylation sites (N-methyl/N-ethyl adjacent to an activating group) is 1. The van der Waals surface area contributed by atoms with E-state index in [1.165, 1.54) is 0 Å². The van der Waals surface area contributed by atoms with E-state index in [1.807, 2.05) is 85.8 Å². The van der Waals surface area contributed by atoms with E-state index >= 15 is 0 Å². The first kappa shape index (κ1) is 23.1. The second kappa shape index (κ2) is 11.1. The molecule has 32 heavy (non-hydrogen) atoms. The van der Waals surface area contributed by atoms with Crippen LogP contribution in [-0.4, -0.2) is 36.9 Å². The number of methoxy groups -OCH3 is 1. The first-order valence-corrected chi connectivity index (χ1v) is 10.7. The van der Waals surface area contributed by atoms with Gasteiger partial charge in [0, 0.05) is 20.0 Å². The van der Waals surface area contributed by atoms with Gasteiger partial charge in [0.05, 0.1) is 13.5 Å². The number of carbonyl (C=O) groups is 2. The molecule has 1 N–H and O–H groups in total. The second-order valence-corrected chi connectivity index (χ2v) is 7.85. The van der Waals surface area contributed by atoms with Gasteiger partial charge in [0.25, 0.3) is 0 Å². The lowest BCUT2D eigenvalue weighted by atomic mass is 10.0. The Balaban J connectivity index is 1.91. The normalized spacial score (nSPS) is 11.5. The number of hydrogen-bond donors (Lipinski definition) is 1. The first-order valence-electron chi connectivity index (χ1n) is 10.7. The highest BCUT2D eigenvalue weighted by Gasteiger charge is 2.29. The Labute approximate surface area is 190 Å². The number of ether oxygens (including phenoxy) is 1. The van der Waals surface area contributed by atoms with Gasteiger partial charge in [-0.05, 0) is 35.7 Å². The van der Waals surface area contributed by atoms with Crippen molar-refractivity contribution in [1.29, 1.82) is 0 Å². The Kier molecular flexibility index (Phi) is 8.03. The van der Waals surface area contributed by atoms with E-state index in [1.54, 1.807) is 19.1 Å². The topological polar surface area (TPSA) is 58.6 Å². The lowest BCUT2D eigenvalue weighted by molar-refractivity contribution is -0.140. The molecule has 0 aromatic heterocycles. The lowest BCUT2D eigenvalue weighted by Crippen LogP contribution is -2.50. The Bertz CT molecular complexity index is 1020. The molecule has 1 atom stereocenters. The van der Waals surface area contributed by atoms with Crippen molar-refractivity contribution in [3.63, 3.8) is 0 Å². The Hall–Kier alpha value is -3.60. The third-order valence-corrected chi connectivity index (χ3v) is 5.51. The summed E-state index contributed by atoms with van der Waals surface area (Å²) in [6, 6.07) is 24.7. The van der Waals surface area contributed by atoms with E-state index in [2.05, 4.69) is 5.32 Å². The van der Waals surface area contributed by atoms with Crippen molar-refractivity contribution in [2.75, 3.05) is 14.2 Å². The summed E-state index contributed by atoms with van der Waals surface area (Å²) >= 11 is 0. The first-order chi connectivity index (χ1) is 15.5. The van der Waals surface area contributed by atoms with Gasteiger partial charge in [-0.2, -0.15) is 0 Å². The molecule has 0 saturated heterocycles. The molecule has 1 unspecified atom stereocenters. The molecule has 0 spiro atoms. The van der Waals surface area contributed by atoms with E-state index in [-0.39, 0.29) is 18.2 Å². The fourth-order valence-electron chi connectivity index (χ4n) is 3.63. The van der Waals surface area contributed by atoms with Crippen LogP contribution < -0.4 is 10.1 Å². The molecule has 0 aliphatic rings. The minimum absolute atomic E-state index is 0.0970. The summed E-state index contributed by atoms with van der Waals surface area (Å²) in [5.41, 5.74) is 4.02. The Morgan fingerprint density at radius 3 is 2.09 bits per heavy atom. The van der Waals surface area contributed by atoms with Gasteiger partial charge in [0.1, 0.15) is 11.8 Å². The SMILES string of the molecule is CNC(=O)C(Cc1ccccc1)N(Cc1ccc(C)cc1)C(=O)Cc1ccc(OC)cc1. The van der Waals surface area contributed by atoms with Crippen LogP contribution in [0.2, 0.25) is 0 Å². The maximum Gasteiger partial charge on any atom is 0.242 e. The van der Waals surface area contributed by atoms with Crippen molar-refractivity contribution in [2.45, 2.75) is 32.4 Å². The predicted molar refractivity (Wildman–Crippen MR) is 126 cm³/mol. The molecule has 0 aliphatic heterocycles. The average Bonchev–Trinajstić information content (AvgIpc) is 2.83. The molecule has 0 aliphatic carbocycles. The minimum atomic E-state index is -0.616. The zero-order valence-electron chi connectivity index (χ0n) is 18.9. The van der Waals surface area contributed by atoms with Gasteiger partial charge in [0.2, 0.25) is 11.8 Å². The van der Waals surface area contributed by atoms with Gasteiger partial charge >= 0.3 is 0 Å². The van der Waals surface area contributed by atoms with E-state index < -0.39 is 6.04 Å². The zero-order valence-corrected chi connectivity index (χ0v) is 18.9. The largest absolute Gasteiger partial charge is 0.497 e. The maximum absolute atomic E-state index is 13.5. The van der Waals surface area contributed by atoms with Crippen LogP contribution in [0.1, 0.15) is 22.3 Å². The van der Waals surface area contributed by atoms with E-state index in [0.717, 1.165) is 28.0 Å². The summed E-state index contributed by atoms with van der Waals surface area (Å²) in [6.45, 7) is 2.39. The molecule has 2 amide bonds. The third-order valence-electron chi connectivity index (χ3n) is 5.51. The van der Waals surface area contributed by atoms with Gasteiger partial charge < -0.3 is 15.0 Å². The molecule has 3 aromatic rings. The molecule has 0 fully saturated rings. The smallest absolute Gasteiger partial charge is 0.242 e. The Morgan fingerprint density at radius 1 is 0.875 bits per heavy atom. The molecule has 5 heteroatoms. The summed E-state index contributed by atoms with van der Waals surface area (Å²) in [5.74, 6) is 0.467. The summed E-state index contributed by atoms with van der Waals surface area (Å²) in [4.78, 5) is 28.1. The third kappa shape index (κ3) is 6.20. The van der Waals surface area contributed by atoms with Gasteiger partial charge in [-0.3, -0.25) is 9.59 Å². The molecule has 5 nitrogen and oxygen atoms in total. The monoisotopic (exact) mass is 430 g/mol. The van der Waals surface area contributed by atoms with Crippen molar-refractivity contribution in [3.8, 4) is 5.75 Å². The fourth-order valence-corrected chi connectivity index (χ4v) is 3.63. The quantitative estimate of drug-likeness (QED) is 0.560. The second-order valence-electron chi connectivity index (χ2n) is 7.85. The highest BCUT2D eigenvalue weighted by Crippen LogP contribution is 2.18.